The topological polar surface area (TPSA) is 59.6 Å². The fraction of sp³-hybridized carbons (Fsp3) is 0.562. The highest BCUT2D eigenvalue weighted by Gasteiger charge is 2.14. The molecule has 0 saturated carbocycles. The molecule has 0 spiro atoms. The van der Waals surface area contributed by atoms with Crippen LogP contribution < -0.4 is 15.4 Å². The summed E-state index contributed by atoms with van der Waals surface area (Å²) in [5.74, 6) is 0.474. The molecule has 2 N–H and O–H groups in total. The molecule has 0 aliphatic carbocycles. The lowest BCUT2D eigenvalue weighted by atomic mass is 10.1. The first kappa shape index (κ1) is 15.8. The van der Waals surface area contributed by atoms with Crippen LogP contribution in [0.3, 0.4) is 0 Å². The van der Waals surface area contributed by atoms with Gasteiger partial charge < -0.3 is 20.1 Å². The molecule has 0 unspecified atom stereocenters. The predicted molar refractivity (Wildman–Crippen MR) is 81.9 cm³/mol. The van der Waals surface area contributed by atoms with Gasteiger partial charge in [0.05, 0.1) is 25.4 Å². The Balaban J connectivity index is 1.77. The number of carbonyl (C=O) groups is 1. The molecule has 1 aliphatic heterocycles. The van der Waals surface area contributed by atoms with Crippen LogP contribution in [0.25, 0.3) is 0 Å². The van der Waals surface area contributed by atoms with Gasteiger partial charge in [-0.15, -0.1) is 0 Å². The summed E-state index contributed by atoms with van der Waals surface area (Å²) in [5.41, 5.74) is 1.60. The Morgan fingerprint density at radius 1 is 1.38 bits per heavy atom. The zero-order valence-corrected chi connectivity index (χ0v) is 12.8. The molecule has 0 atom stereocenters. The average Bonchev–Trinajstić information content (AvgIpc) is 2.52. The molecule has 1 aromatic carbocycles. The molecule has 5 heteroatoms. The van der Waals surface area contributed by atoms with E-state index in [2.05, 4.69) is 10.6 Å². The monoisotopic (exact) mass is 292 g/mol. The quantitative estimate of drug-likeness (QED) is 0.780. The smallest absolute Gasteiger partial charge is 0.255 e. The normalized spacial score (nSPS) is 15.7. The highest BCUT2D eigenvalue weighted by molar-refractivity contribution is 5.97. The van der Waals surface area contributed by atoms with Crippen LogP contribution in [-0.2, 0) is 4.74 Å². The van der Waals surface area contributed by atoms with Gasteiger partial charge in [-0.05, 0) is 45.0 Å². The molecule has 1 heterocycles. The minimum Gasteiger partial charge on any atom is -0.496 e. The van der Waals surface area contributed by atoms with Crippen molar-refractivity contribution in [3.8, 4) is 5.75 Å². The second kappa shape index (κ2) is 8.00. The van der Waals surface area contributed by atoms with Crippen molar-refractivity contribution in [3.05, 3.63) is 29.3 Å². The van der Waals surface area contributed by atoms with Crippen LogP contribution in [-0.4, -0.2) is 45.4 Å². The van der Waals surface area contributed by atoms with Gasteiger partial charge in [0.2, 0.25) is 0 Å². The van der Waals surface area contributed by atoms with Crippen LogP contribution in [0.4, 0.5) is 0 Å². The molecule has 1 amide bonds. The molecule has 1 aliphatic rings. The van der Waals surface area contributed by atoms with Crippen molar-refractivity contribution >= 4 is 5.91 Å². The van der Waals surface area contributed by atoms with E-state index < -0.39 is 0 Å². The molecular weight excluding hydrogens is 268 g/mol. The maximum Gasteiger partial charge on any atom is 0.255 e. The molecule has 5 nitrogen and oxygen atoms in total. The number of benzene rings is 1. The van der Waals surface area contributed by atoms with Crippen molar-refractivity contribution in [1.29, 1.82) is 0 Å². The van der Waals surface area contributed by atoms with E-state index in [0.717, 1.165) is 31.5 Å². The van der Waals surface area contributed by atoms with Crippen LogP contribution in [0.1, 0.15) is 28.8 Å². The summed E-state index contributed by atoms with van der Waals surface area (Å²) in [5, 5.41) is 6.18. The highest BCUT2D eigenvalue weighted by atomic mass is 16.5. The third kappa shape index (κ3) is 4.72. The third-order valence-electron chi connectivity index (χ3n) is 3.63. The Morgan fingerprint density at radius 2 is 2.14 bits per heavy atom. The van der Waals surface area contributed by atoms with Gasteiger partial charge in [-0.1, -0.05) is 11.6 Å². The van der Waals surface area contributed by atoms with Crippen LogP contribution in [0.15, 0.2) is 18.2 Å². The number of ether oxygens (including phenoxy) is 2. The molecular formula is C16H24N2O3. The Labute approximate surface area is 126 Å². The molecule has 2 rings (SSSR count). The van der Waals surface area contributed by atoms with Gasteiger partial charge in [-0.3, -0.25) is 4.79 Å². The first-order valence-electron chi connectivity index (χ1n) is 7.46. The number of nitrogens with one attached hydrogen (secondary N) is 2. The lowest BCUT2D eigenvalue weighted by molar-refractivity contribution is 0.0343. The van der Waals surface area contributed by atoms with Crippen LogP contribution in [0.2, 0.25) is 0 Å². The van der Waals surface area contributed by atoms with Crippen molar-refractivity contribution in [3.63, 3.8) is 0 Å². The van der Waals surface area contributed by atoms with Gasteiger partial charge in [0.1, 0.15) is 5.75 Å². The lowest BCUT2D eigenvalue weighted by Crippen LogP contribution is -2.34. The zero-order valence-electron chi connectivity index (χ0n) is 12.8. The summed E-state index contributed by atoms with van der Waals surface area (Å²) in [7, 11) is 1.57. The summed E-state index contributed by atoms with van der Waals surface area (Å²) in [6.45, 7) is 5.04. The SMILES string of the molecule is COc1ccc(C)cc1C(=O)NCCOC1CCNCC1. The maximum atomic E-state index is 12.2. The molecule has 116 valence electrons. The fourth-order valence-corrected chi connectivity index (χ4v) is 2.45. The van der Waals surface area contributed by atoms with E-state index in [0.29, 0.717) is 30.6 Å². The first-order valence-corrected chi connectivity index (χ1v) is 7.46. The number of piperidine rings is 1. The van der Waals surface area contributed by atoms with Crippen LogP contribution in [0.5, 0.6) is 5.75 Å². The summed E-state index contributed by atoms with van der Waals surface area (Å²) >= 11 is 0. The van der Waals surface area contributed by atoms with Crippen LogP contribution in [0, 0.1) is 6.92 Å². The minimum atomic E-state index is -0.121. The van der Waals surface area contributed by atoms with E-state index in [4.69, 9.17) is 9.47 Å². The Hall–Kier alpha value is -1.59. The lowest BCUT2D eigenvalue weighted by Gasteiger charge is -2.23. The summed E-state index contributed by atoms with van der Waals surface area (Å²) in [4.78, 5) is 12.2. The number of aryl methyl sites for hydroxylation is 1. The highest BCUT2D eigenvalue weighted by Crippen LogP contribution is 2.19. The third-order valence-corrected chi connectivity index (χ3v) is 3.63. The average molecular weight is 292 g/mol. The minimum absolute atomic E-state index is 0.121. The number of methoxy groups -OCH3 is 1. The van der Waals surface area contributed by atoms with E-state index >= 15 is 0 Å². The largest absolute Gasteiger partial charge is 0.496 e. The van der Waals surface area contributed by atoms with Gasteiger partial charge in [0.25, 0.3) is 5.91 Å². The predicted octanol–water partition coefficient (Wildman–Crippen LogP) is 1.50. The molecule has 0 radical (unpaired) electrons. The number of hydrogen-bond donors (Lipinski definition) is 2. The number of hydrogen-bond acceptors (Lipinski definition) is 4. The standard InChI is InChI=1S/C16H24N2O3/c1-12-3-4-15(20-2)14(11-12)16(19)18-9-10-21-13-5-7-17-8-6-13/h3-4,11,13,17H,5-10H2,1-2H3,(H,18,19). The Kier molecular flexibility index (Phi) is 6.02. The fourth-order valence-electron chi connectivity index (χ4n) is 2.45. The number of rotatable bonds is 6. The second-order valence-corrected chi connectivity index (χ2v) is 5.28. The van der Waals surface area contributed by atoms with E-state index in [1.54, 1.807) is 7.11 Å². The van der Waals surface area contributed by atoms with Gasteiger partial charge in [-0.2, -0.15) is 0 Å². The van der Waals surface area contributed by atoms with Crippen molar-refractivity contribution in [1.82, 2.24) is 10.6 Å². The maximum absolute atomic E-state index is 12.2. The summed E-state index contributed by atoms with van der Waals surface area (Å²) in [6, 6.07) is 5.58. The Bertz CT molecular complexity index is 471. The van der Waals surface area contributed by atoms with E-state index in [9.17, 15) is 4.79 Å². The second-order valence-electron chi connectivity index (χ2n) is 5.28. The van der Waals surface area contributed by atoms with Gasteiger partial charge >= 0.3 is 0 Å². The molecule has 1 aromatic rings. The molecule has 0 aromatic heterocycles. The summed E-state index contributed by atoms with van der Waals surface area (Å²) in [6.07, 6.45) is 2.40. The number of amides is 1. The summed E-state index contributed by atoms with van der Waals surface area (Å²) < 4.78 is 11.0. The van der Waals surface area contributed by atoms with Gasteiger partial charge in [-0.25, -0.2) is 0 Å². The Morgan fingerprint density at radius 3 is 2.86 bits per heavy atom. The molecule has 1 saturated heterocycles. The van der Waals surface area contributed by atoms with Crippen molar-refractivity contribution < 1.29 is 14.3 Å². The van der Waals surface area contributed by atoms with Gasteiger partial charge in [0.15, 0.2) is 0 Å². The van der Waals surface area contributed by atoms with E-state index in [1.807, 2.05) is 25.1 Å². The van der Waals surface area contributed by atoms with E-state index in [1.165, 1.54) is 0 Å². The molecule has 1 fully saturated rings. The van der Waals surface area contributed by atoms with Crippen molar-refractivity contribution in [2.24, 2.45) is 0 Å². The number of carbonyl (C=O) groups excluding carboxylic acids is 1. The van der Waals surface area contributed by atoms with E-state index in [-0.39, 0.29) is 5.91 Å². The van der Waals surface area contributed by atoms with Crippen molar-refractivity contribution in [2.75, 3.05) is 33.4 Å². The molecule has 21 heavy (non-hydrogen) atoms. The van der Waals surface area contributed by atoms with Crippen molar-refractivity contribution in [2.45, 2.75) is 25.9 Å². The first-order chi connectivity index (χ1) is 10.2. The molecule has 0 bridgehead atoms. The van der Waals surface area contributed by atoms with Gasteiger partial charge in [0, 0.05) is 6.54 Å². The zero-order chi connectivity index (χ0) is 15.1. The van der Waals surface area contributed by atoms with Crippen LogP contribution >= 0.6 is 0 Å².